The van der Waals surface area contributed by atoms with Gasteiger partial charge >= 0.3 is 6.18 Å². The molecule has 0 aliphatic heterocycles. The predicted octanol–water partition coefficient (Wildman–Crippen LogP) is 3.50. The maximum absolute atomic E-state index is 13.0. The minimum Gasteiger partial charge on any atom is -0.467 e. The highest BCUT2D eigenvalue weighted by molar-refractivity contribution is 6.27. The van der Waals surface area contributed by atoms with Gasteiger partial charge in [-0.15, -0.1) is 11.6 Å². The molecule has 25 heavy (non-hydrogen) atoms. The lowest BCUT2D eigenvalue weighted by molar-refractivity contribution is -0.137. The van der Waals surface area contributed by atoms with E-state index in [2.05, 4.69) is 5.32 Å². The first-order chi connectivity index (χ1) is 11.8. The van der Waals surface area contributed by atoms with Gasteiger partial charge in [0.25, 0.3) is 0 Å². The topological polar surface area (TPSA) is 62.6 Å². The number of para-hydroxylation sites is 1. The van der Waals surface area contributed by atoms with Gasteiger partial charge in [-0.3, -0.25) is 9.59 Å². The van der Waals surface area contributed by atoms with Crippen LogP contribution >= 0.6 is 11.6 Å². The third-order valence-electron chi connectivity index (χ3n) is 3.23. The van der Waals surface area contributed by atoms with Gasteiger partial charge < -0.3 is 14.6 Å². The fourth-order valence-corrected chi connectivity index (χ4v) is 2.28. The summed E-state index contributed by atoms with van der Waals surface area (Å²) in [6.45, 7) is -0.481. The van der Waals surface area contributed by atoms with Crippen molar-refractivity contribution in [1.82, 2.24) is 4.90 Å². The number of carbonyl (C=O) groups is 2. The van der Waals surface area contributed by atoms with Crippen molar-refractivity contribution in [2.45, 2.75) is 12.7 Å². The molecule has 2 rings (SSSR count). The summed E-state index contributed by atoms with van der Waals surface area (Å²) in [5.41, 5.74) is -1.35. The molecular weight excluding hydrogens is 361 g/mol. The van der Waals surface area contributed by atoms with E-state index in [0.29, 0.717) is 5.76 Å². The number of hydrogen-bond donors (Lipinski definition) is 1. The van der Waals surface area contributed by atoms with Gasteiger partial charge in [0.1, 0.15) is 18.2 Å². The molecule has 0 atom stereocenters. The molecule has 0 bridgehead atoms. The maximum Gasteiger partial charge on any atom is 0.418 e. The average molecular weight is 375 g/mol. The number of amides is 2. The molecule has 2 amide bonds. The van der Waals surface area contributed by atoms with Crippen LogP contribution in [0.3, 0.4) is 0 Å². The molecule has 9 heteroatoms. The molecule has 0 unspecified atom stereocenters. The minimum atomic E-state index is -4.61. The van der Waals surface area contributed by atoms with Gasteiger partial charge in [-0.2, -0.15) is 13.2 Å². The first kappa shape index (κ1) is 18.9. The zero-order valence-electron chi connectivity index (χ0n) is 12.8. The van der Waals surface area contributed by atoms with Crippen LogP contribution < -0.4 is 5.32 Å². The number of nitrogens with zero attached hydrogens (tertiary/aromatic N) is 1. The lowest BCUT2D eigenvalue weighted by Crippen LogP contribution is -2.38. The summed E-state index contributed by atoms with van der Waals surface area (Å²) < 4.78 is 44.0. The zero-order chi connectivity index (χ0) is 18.4. The monoisotopic (exact) mass is 374 g/mol. The average Bonchev–Trinajstić information content (AvgIpc) is 3.06. The van der Waals surface area contributed by atoms with Gasteiger partial charge in [-0.25, -0.2) is 0 Å². The number of hydrogen-bond acceptors (Lipinski definition) is 3. The standard InChI is InChI=1S/C16H14ClF3N2O3/c17-8-15(24)22(9-11-4-3-7-25-11)10-14(23)21-13-6-2-1-5-12(13)16(18,19)20/h1-7H,8-10H2,(H,21,23). The van der Waals surface area contributed by atoms with Gasteiger partial charge in [-0.05, 0) is 24.3 Å². The van der Waals surface area contributed by atoms with E-state index >= 15 is 0 Å². The molecule has 0 radical (unpaired) electrons. The Bertz CT molecular complexity index is 732. The van der Waals surface area contributed by atoms with E-state index in [4.69, 9.17) is 16.0 Å². The van der Waals surface area contributed by atoms with E-state index < -0.39 is 30.1 Å². The van der Waals surface area contributed by atoms with Gasteiger partial charge in [0, 0.05) is 0 Å². The van der Waals surface area contributed by atoms with E-state index in [0.717, 1.165) is 17.0 Å². The van der Waals surface area contributed by atoms with E-state index in [1.807, 2.05) is 0 Å². The highest BCUT2D eigenvalue weighted by Gasteiger charge is 2.33. The van der Waals surface area contributed by atoms with Crippen LogP contribution in [-0.2, 0) is 22.3 Å². The van der Waals surface area contributed by atoms with E-state index in [1.54, 1.807) is 12.1 Å². The molecule has 5 nitrogen and oxygen atoms in total. The summed E-state index contributed by atoms with van der Waals surface area (Å²) in [7, 11) is 0. The van der Waals surface area contributed by atoms with Crippen LogP contribution in [0.15, 0.2) is 47.1 Å². The van der Waals surface area contributed by atoms with Crippen LogP contribution in [0.5, 0.6) is 0 Å². The van der Waals surface area contributed by atoms with E-state index in [1.165, 1.54) is 18.4 Å². The van der Waals surface area contributed by atoms with Crippen LogP contribution in [0.2, 0.25) is 0 Å². The van der Waals surface area contributed by atoms with Crippen LogP contribution in [0.4, 0.5) is 18.9 Å². The normalized spacial score (nSPS) is 11.2. The lowest BCUT2D eigenvalue weighted by atomic mass is 10.1. The molecule has 134 valence electrons. The number of alkyl halides is 4. The second-order valence-corrected chi connectivity index (χ2v) is 5.32. The Kier molecular flexibility index (Phi) is 6.08. The maximum atomic E-state index is 13.0. The van der Waals surface area contributed by atoms with Crippen LogP contribution in [0, 0.1) is 0 Å². The highest BCUT2D eigenvalue weighted by atomic mass is 35.5. The van der Waals surface area contributed by atoms with E-state index in [-0.39, 0.29) is 18.1 Å². The summed E-state index contributed by atoms with van der Waals surface area (Å²) in [6, 6.07) is 7.80. The predicted molar refractivity (Wildman–Crippen MR) is 84.9 cm³/mol. The second-order valence-electron chi connectivity index (χ2n) is 5.05. The Balaban J connectivity index is 2.10. The number of anilines is 1. The Hall–Kier alpha value is -2.48. The summed E-state index contributed by atoms with van der Waals surface area (Å²) in [5, 5.41) is 2.18. The molecule has 0 spiro atoms. The Morgan fingerprint density at radius 2 is 1.88 bits per heavy atom. The Morgan fingerprint density at radius 1 is 1.16 bits per heavy atom. The highest BCUT2D eigenvalue weighted by Crippen LogP contribution is 2.34. The summed E-state index contributed by atoms with van der Waals surface area (Å²) >= 11 is 5.51. The number of benzene rings is 1. The summed E-state index contributed by atoms with van der Waals surface area (Å²) in [4.78, 5) is 25.0. The molecule has 0 saturated heterocycles. The van der Waals surface area contributed by atoms with Crippen molar-refractivity contribution in [2.75, 3.05) is 17.7 Å². The fraction of sp³-hybridized carbons (Fsp3) is 0.250. The van der Waals surface area contributed by atoms with Crippen molar-refractivity contribution in [3.63, 3.8) is 0 Å². The smallest absolute Gasteiger partial charge is 0.418 e. The minimum absolute atomic E-state index is 0.0209. The molecule has 0 saturated carbocycles. The number of rotatable bonds is 6. The summed E-state index contributed by atoms with van der Waals surface area (Å²) in [5.74, 6) is -1.27. The van der Waals surface area contributed by atoms with Gasteiger partial charge in [0.2, 0.25) is 11.8 Å². The Labute approximate surface area is 146 Å². The molecule has 1 N–H and O–H groups in total. The lowest BCUT2D eigenvalue weighted by Gasteiger charge is -2.21. The molecule has 0 aliphatic carbocycles. The molecule has 1 heterocycles. The summed E-state index contributed by atoms with van der Waals surface area (Å²) in [6.07, 6.45) is -3.21. The first-order valence-corrected chi connectivity index (χ1v) is 7.67. The molecule has 0 aliphatic rings. The molecule has 0 fully saturated rings. The van der Waals surface area contributed by atoms with Crippen LogP contribution in [-0.4, -0.2) is 29.1 Å². The fourth-order valence-electron chi connectivity index (χ4n) is 2.11. The molecule has 1 aromatic carbocycles. The van der Waals surface area contributed by atoms with Crippen molar-refractivity contribution in [1.29, 1.82) is 0 Å². The van der Waals surface area contributed by atoms with Crippen molar-refractivity contribution >= 4 is 29.1 Å². The largest absolute Gasteiger partial charge is 0.467 e. The molecule has 2 aromatic rings. The number of carbonyl (C=O) groups excluding carboxylic acids is 2. The number of nitrogens with one attached hydrogen (secondary N) is 1. The van der Waals surface area contributed by atoms with Gasteiger partial charge in [0.15, 0.2) is 0 Å². The van der Waals surface area contributed by atoms with E-state index in [9.17, 15) is 22.8 Å². The molecular formula is C16H14ClF3N2O3. The van der Waals surface area contributed by atoms with Crippen LogP contribution in [0.1, 0.15) is 11.3 Å². The first-order valence-electron chi connectivity index (χ1n) is 7.13. The Morgan fingerprint density at radius 3 is 2.48 bits per heavy atom. The SMILES string of the molecule is O=C(CN(Cc1ccco1)C(=O)CCl)Nc1ccccc1C(F)(F)F. The third kappa shape index (κ3) is 5.25. The third-order valence-corrected chi connectivity index (χ3v) is 3.46. The number of halogens is 4. The van der Waals surface area contributed by atoms with Crippen molar-refractivity contribution < 1.29 is 27.2 Å². The van der Waals surface area contributed by atoms with Crippen LogP contribution in [0.25, 0.3) is 0 Å². The second kappa shape index (κ2) is 8.06. The number of furan rings is 1. The van der Waals surface area contributed by atoms with Crippen molar-refractivity contribution in [3.8, 4) is 0 Å². The van der Waals surface area contributed by atoms with Gasteiger partial charge in [0.05, 0.1) is 24.1 Å². The molecule has 1 aromatic heterocycles. The van der Waals surface area contributed by atoms with Crippen molar-refractivity contribution in [2.24, 2.45) is 0 Å². The van der Waals surface area contributed by atoms with Gasteiger partial charge in [-0.1, -0.05) is 12.1 Å². The zero-order valence-corrected chi connectivity index (χ0v) is 13.6. The van der Waals surface area contributed by atoms with Crippen molar-refractivity contribution in [3.05, 3.63) is 54.0 Å². The quantitative estimate of drug-likeness (QED) is 0.787.